The SMILES string of the molecule is C=C/C=C(\C)OC.CC.Cc1ccc(NCc2cc(N3CCCC3=O)ccc2-c2sc3c(c2C(=O)O)CC(C)(C)CC3)cc1. The van der Waals surface area contributed by atoms with Crippen molar-refractivity contribution in [2.45, 2.75) is 80.2 Å². The van der Waals surface area contributed by atoms with Crippen LogP contribution in [0.25, 0.3) is 10.4 Å². The fraction of sp³-hybridized carbons (Fsp3) is 0.405. The molecule has 7 heteroatoms. The lowest BCUT2D eigenvalue weighted by Gasteiger charge is -2.29. The van der Waals surface area contributed by atoms with E-state index in [1.165, 1.54) is 10.4 Å². The molecule has 1 saturated heterocycles. The lowest BCUT2D eigenvalue weighted by Crippen LogP contribution is -2.24. The summed E-state index contributed by atoms with van der Waals surface area (Å²) in [5.41, 5.74) is 6.60. The molecule has 2 aliphatic rings. The van der Waals surface area contributed by atoms with Crippen molar-refractivity contribution in [3.8, 4) is 10.4 Å². The summed E-state index contributed by atoms with van der Waals surface area (Å²) in [6.45, 7) is 17.1. The van der Waals surface area contributed by atoms with Gasteiger partial charge in [-0.2, -0.15) is 0 Å². The van der Waals surface area contributed by atoms with Gasteiger partial charge in [0.05, 0.1) is 18.4 Å². The Hall–Kier alpha value is -3.84. The predicted octanol–water partition coefficient (Wildman–Crippen LogP) is 9.42. The summed E-state index contributed by atoms with van der Waals surface area (Å²) in [5.74, 6) is 0.177. The highest BCUT2D eigenvalue weighted by atomic mass is 32.1. The Morgan fingerprint density at radius 3 is 2.43 bits per heavy atom. The summed E-state index contributed by atoms with van der Waals surface area (Å²) in [6, 6.07) is 14.3. The number of carboxylic acids is 1. The molecule has 1 aliphatic carbocycles. The van der Waals surface area contributed by atoms with Crippen LogP contribution in [0.5, 0.6) is 0 Å². The van der Waals surface area contributed by atoms with E-state index in [0.29, 0.717) is 18.5 Å². The molecule has 2 heterocycles. The monoisotopic (exact) mass is 616 g/mol. The number of hydrogen-bond donors (Lipinski definition) is 2. The Labute approximate surface area is 267 Å². The number of ether oxygens (including phenoxy) is 1. The number of carbonyl (C=O) groups excluding carboxylic acids is 1. The molecule has 0 radical (unpaired) electrons. The van der Waals surface area contributed by atoms with Crippen molar-refractivity contribution in [3.05, 3.63) is 94.1 Å². The lowest BCUT2D eigenvalue weighted by molar-refractivity contribution is -0.117. The van der Waals surface area contributed by atoms with E-state index in [0.717, 1.165) is 70.9 Å². The summed E-state index contributed by atoms with van der Waals surface area (Å²) in [5, 5.41) is 13.8. The second-order valence-corrected chi connectivity index (χ2v) is 12.9. The number of carbonyl (C=O) groups is 2. The average molecular weight is 617 g/mol. The summed E-state index contributed by atoms with van der Waals surface area (Å²) in [4.78, 5) is 28.8. The van der Waals surface area contributed by atoms with Crippen molar-refractivity contribution in [1.82, 2.24) is 0 Å². The van der Waals surface area contributed by atoms with Gasteiger partial charge < -0.3 is 20.1 Å². The second kappa shape index (κ2) is 15.8. The normalized spacial score (nSPS) is 15.3. The molecule has 1 aromatic heterocycles. The highest BCUT2D eigenvalue weighted by Gasteiger charge is 2.33. The summed E-state index contributed by atoms with van der Waals surface area (Å²) >= 11 is 1.63. The van der Waals surface area contributed by atoms with Gasteiger partial charge in [0.1, 0.15) is 0 Å². The van der Waals surface area contributed by atoms with Crippen LogP contribution in [-0.4, -0.2) is 30.6 Å². The van der Waals surface area contributed by atoms with Crippen molar-refractivity contribution in [3.63, 3.8) is 0 Å². The number of fused-ring (bicyclic) bond motifs is 1. The summed E-state index contributed by atoms with van der Waals surface area (Å²) in [7, 11) is 1.63. The number of anilines is 2. The number of rotatable bonds is 8. The molecule has 0 saturated carbocycles. The Morgan fingerprint density at radius 1 is 1.16 bits per heavy atom. The van der Waals surface area contributed by atoms with Gasteiger partial charge in [0.2, 0.25) is 5.91 Å². The molecule has 0 atom stereocenters. The Bertz CT molecular complexity index is 1480. The molecule has 2 aromatic carbocycles. The van der Waals surface area contributed by atoms with Crippen molar-refractivity contribution < 1.29 is 19.4 Å². The fourth-order valence-electron chi connectivity index (χ4n) is 5.48. The number of methoxy groups -OCH3 is 1. The van der Waals surface area contributed by atoms with Crippen LogP contribution in [0, 0.1) is 12.3 Å². The molecule has 2 N–H and O–H groups in total. The zero-order chi connectivity index (χ0) is 32.4. The zero-order valence-electron chi connectivity index (χ0n) is 27.4. The third-order valence-electron chi connectivity index (χ3n) is 7.92. The number of aromatic carboxylic acids is 1. The first kappa shape index (κ1) is 34.6. The smallest absolute Gasteiger partial charge is 0.337 e. The van der Waals surface area contributed by atoms with E-state index in [1.807, 2.05) is 37.8 Å². The number of carboxylic acid groups (broad SMARTS) is 1. The molecule has 0 spiro atoms. The maximum absolute atomic E-state index is 12.5. The minimum absolute atomic E-state index is 0.103. The van der Waals surface area contributed by atoms with Gasteiger partial charge in [-0.05, 0) is 92.0 Å². The van der Waals surface area contributed by atoms with E-state index < -0.39 is 5.97 Å². The summed E-state index contributed by atoms with van der Waals surface area (Å²) < 4.78 is 4.78. The number of benzene rings is 2. The van der Waals surface area contributed by atoms with Gasteiger partial charge >= 0.3 is 5.97 Å². The molecule has 0 unspecified atom stereocenters. The number of thiophene rings is 1. The van der Waals surface area contributed by atoms with Gasteiger partial charge in [-0.15, -0.1) is 11.3 Å². The van der Waals surface area contributed by atoms with E-state index in [-0.39, 0.29) is 11.3 Å². The molecule has 1 amide bonds. The van der Waals surface area contributed by atoms with Gasteiger partial charge in [-0.1, -0.05) is 64.1 Å². The van der Waals surface area contributed by atoms with Crippen molar-refractivity contribution >= 4 is 34.6 Å². The van der Waals surface area contributed by atoms with E-state index in [9.17, 15) is 14.7 Å². The minimum atomic E-state index is -0.855. The molecule has 0 bridgehead atoms. The van der Waals surface area contributed by atoms with Crippen LogP contribution >= 0.6 is 11.3 Å². The average Bonchev–Trinajstić information content (AvgIpc) is 3.60. The summed E-state index contributed by atoms with van der Waals surface area (Å²) in [6.07, 6.45) is 7.72. The van der Waals surface area contributed by atoms with Gasteiger partial charge in [-0.25, -0.2) is 4.79 Å². The van der Waals surface area contributed by atoms with E-state index in [4.69, 9.17) is 4.74 Å². The van der Waals surface area contributed by atoms with Crippen LogP contribution in [0.15, 0.2) is 67.0 Å². The predicted molar refractivity (Wildman–Crippen MR) is 185 cm³/mol. The first-order valence-electron chi connectivity index (χ1n) is 15.5. The third kappa shape index (κ3) is 8.63. The molecular formula is C37H48N2O4S. The van der Waals surface area contributed by atoms with Crippen LogP contribution < -0.4 is 10.2 Å². The highest BCUT2D eigenvalue weighted by Crippen LogP contribution is 2.46. The molecule has 5 rings (SSSR count). The Kier molecular flexibility index (Phi) is 12.4. The third-order valence-corrected chi connectivity index (χ3v) is 9.24. The number of amides is 1. The fourth-order valence-corrected chi connectivity index (χ4v) is 6.85. The van der Waals surface area contributed by atoms with E-state index in [1.54, 1.807) is 30.6 Å². The number of aryl methyl sites for hydroxylation is 2. The second-order valence-electron chi connectivity index (χ2n) is 11.8. The quantitative estimate of drug-likeness (QED) is 0.195. The molecule has 1 aliphatic heterocycles. The lowest BCUT2D eigenvalue weighted by atomic mass is 9.76. The van der Waals surface area contributed by atoms with Crippen LogP contribution in [0.3, 0.4) is 0 Å². The van der Waals surface area contributed by atoms with E-state index >= 15 is 0 Å². The van der Waals surface area contributed by atoms with Crippen molar-refractivity contribution in [2.75, 3.05) is 23.9 Å². The van der Waals surface area contributed by atoms with Gasteiger partial charge in [0.25, 0.3) is 0 Å². The van der Waals surface area contributed by atoms with Crippen molar-refractivity contribution in [1.29, 1.82) is 0 Å². The molecule has 1 fully saturated rings. The number of nitrogens with zero attached hydrogens (tertiary/aromatic N) is 1. The topological polar surface area (TPSA) is 78.9 Å². The maximum atomic E-state index is 12.5. The largest absolute Gasteiger partial charge is 0.501 e. The zero-order valence-corrected chi connectivity index (χ0v) is 28.2. The van der Waals surface area contributed by atoms with E-state index in [2.05, 4.69) is 63.0 Å². The molecule has 6 nitrogen and oxygen atoms in total. The van der Waals surface area contributed by atoms with Crippen LogP contribution in [-0.2, 0) is 28.9 Å². The van der Waals surface area contributed by atoms with Crippen LogP contribution in [0.2, 0.25) is 0 Å². The number of allylic oxidation sites excluding steroid dienone is 3. The molecular weight excluding hydrogens is 568 g/mol. The van der Waals surface area contributed by atoms with Crippen LogP contribution in [0.1, 0.15) is 85.8 Å². The van der Waals surface area contributed by atoms with Crippen molar-refractivity contribution in [2.24, 2.45) is 5.41 Å². The first-order valence-corrected chi connectivity index (χ1v) is 16.3. The maximum Gasteiger partial charge on any atom is 0.337 e. The van der Waals surface area contributed by atoms with Gasteiger partial charge in [0.15, 0.2) is 0 Å². The molecule has 3 aromatic rings. The number of nitrogens with one attached hydrogen (secondary N) is 1. The number of hydrogen-bond acceptors (Lipinski definition) is 5. The standard InChI is InChI=1S/C29H32N2O3S.C6H10O.C2H6/c1-18-6-8-20(9-7-18)30-17-19-15-21(31-14-4-5-25(31)32)10-11-22(19)27-26(28(33)34)23-16-29(2,3)13-12-24(23)35-27;1-4-5-6(2)7-3;1-2/h6-11,15,30H,4-5,12-14,16-17H2,1-3H3,(H,33,34);4-5H,1H2,2-3H3;1-2H3/b;6-5+;. The van der Waals surface area contributed by atoms with Crippen LogP contribution in [0.4, 0.5) is 11.4 Å². The molecule has 44 heavy (non-hydrogen) atoms. The Balaban J connectivity index is 0.000000520. The first-order chi connectivity index (χ1) is 21.0. The molecule has 236 valence electrons. The van der Waals surface area contributed by atoms with Gasteiger partial charge in [-0.3, -0.25) is 4.79 Å². The minimum Gasteiger partial charge on any atom is -0.501 e. The highest BCUT2D eigenvalue weighted by molar-refractivity contribution is 7.16. The Morgan fingerprint density at radius 2 is 1.86 bits per heavy atom. The van der Waals surface area contributed by atoms with Gasteiger partial charge in [0, 0.05) is 40.6 Å².